The summed E-state index contributed by atoms with van der Waals surface area (Å²) in [6.45, 7) is 4.39. The first-order chi connectivity index (χ1) is 6.74. The molecular weight excluding hydrogens is 196 g/mol. The van der Waals surface area contributed by atoms with Crippen LogP contribution in [-0.4, -0.2) is 12.6 Å². The van der Waals surface area contributed by atoms with E-state index in [2.05, 4.69) is 6.07 Å². The third-order valence-electron chi connectivity index (χ3n) is 2.19. The zero-order valence-electron chi connectivity index (χ0n) is 8.66. The predicted octanol–water partition coefficient (Wildman–Crippen LogP) is 2.88. The lowest BCUT2D eigenvalue weighted by molar-refractivity contribution is -0.147. The number of ether oxygens (including phenoxy) is 1. The van der Waals surface area contributed by atoms with E-state index in [1.54, 1.807) is 11.3 Å². The van der Waals surface area contributed by atoms with Gasteiger partial charge in [-0.25, -0.2) is 0 Å². The molecule has 0 aliphatic rings. The molecule has 1 aromatic rings. The molecule has 0 aromatic carbocycles. The number of hydrogen-bond acceptors (Lipinski definition) is 3. The standard InChI is InChI=1S/C11H16O2S/c1-3-9(2)11(12)13-7-6-10-5-4-8-14-10/h4-5,8-9H,3,6-7H2,1-2H3/t9-/m0/s1. The summed E-state index contributed by atoms with van der Waals surface area (Å²) in [4.78, 5) is 12.5. The molecule has 0 aliphatic carbocycles. The van der Waals surface area contributed by atoms with Crippen LogP contribution in [0.15, 0.2) is 17.5 Å². The van der Waals surface area contributed by atoms with Crippen LogP contribution in [0.5, 0.6) is 0 Å². The Bertz CT molecular complexity index is 267. The maximum Gasteiger partial charge on any atom is 0.308 e. The van der Waals surface area contributed by atoms with Crippen LogP contribution in [0.4, 0.5) is 0 Å². The smallest absolute Gasteiger partial charge is 0.308 e. The molecule has 0 amide bonds. The number of rotatable bonds is 5. The van der Waals surface area contributed by atoms with Crippen LogP contribution in [-0.2, 0) is 16.0 Å². The molecule has 1 atom stereocenters. The summed E-state index contributed by atoms with van der Waals surface area (Å²) in [5, 5.41) is 2.03. The number of carbonyl (C=O) groups excluding carboxylic acids is 1. The van der Waals surface area contributed by atoms with E-state index < -0.39 is 0 Å². The molecule has 0 fully saturated rings. The monoisotopic (exact) mass is 212 g/mol. The number of thiophene rings is 1. The maximum atomic E-state index is 11.3. The largest absolute Gasteiger partial charge is 0.465 e. The Hall–Kier alpha value is -0.830. The highest BCUT2D eigenvalue weighted by molar-refractivity contribution is 7.09. The summed E-state index contributed by atoms with van der Waals surface area (Å²) in [6, 6.07) is 4.07. The van der Waals surface area contributed by atoms with E-state index in [1.165, 1.54) is 4.88 Å². The number of carbonyl (C=O) groups is 1. The van der Waals surface area contributed by atoms with Crippen LogP contribution in [0.25, 0.3) is 0 Å². The minimum atomic E-state index is -0.0796. The molecule has 0 spiro atoms. The van der Waals surface area contributed by atoms with E-state index in [0.29, 0.717) is 6.61 Å². The van der Waals surface area contributed by atoms with Crippen molar-refractivity contribution in [3.8, 4) is 0 Å². The Kier molecular flexibility index (Phi) is 4.66. The van der Waals surface area contributed by atoms with Gasteiger partial charge in [0.15, 0.2) is 0 Å². The molecule has 1 rings (SSSR count). The van der Waals surface area contributed by atoms with E-state index in [9.17, 15) is 4.79 Å². The van der Waals surface area contributed by atoms with Gasteiger partial charge in [-0.1, -0.05) is 19.9 Å². The Labute approximate surface area is 88.9 Å². The van der Waals surface area contributed by atoms with Gasteiger partial charge in [-0.3, -0.25) is 4.79 Å². The zero-order chi connectivity index (χ0) is 10.4. The van der Waals surface area contributed by atoms with Gasteiger partial charge in [-0.2, -0.15) is 0 Å². The molecule has 0 unspecified atom stereocenters. The quantitative estimate of drug-likeness (QED) is 0.701. The Morgan fingerprint density at radius 3 is 3.00 bits per heavy atom. The van der Waals surface area contributed by atoms with Crippen molar-refractivity contribution in [3.63, 3.8) is 0 Å². The van der Waals surface area contributed by atoms with Crippen molar-refractivity contribution < 1.29 is 9.53 Å². The Morgan fingerprint density at radius 2 is 2.43 bits per heavy atom. The zero-order valence-corrected chi connectivity index (χ0v) is 9.47. The topological polar surface area (TPSA) is 26.3 Å². The molecule has 1 heterocycles. The second-order valence-corrected chi connectivity index (χ2v) is 4.34. The van der Waals surface area contributed by atoms with E-state index in [0.717, 1.165) is 12.8 Å². The third kappa shape index (κ3) is 3.50. The second-order valence-electron chi connectivity index (χ2n) is 3.31. The van der Waals surface area contributed by atoms with Gasteiger partial charge in [0.05, 0.1) is 12.5 Å². The Morgan fingerprint density at radius 1 is 1.64 bits per heavy atom. The van der Waals surface area contributed by atoms with Crippen molar-refractivity contribution in [2.24, 2.45) is 5.92 Å². The molecule has 1 aromatic heterocycles. The van der Waals surface area contributed by atoms with Crippen molar-refractivity contribution in [1.29, 1.82) is 0 Å². The number of esters is 1. The molecule has 2 nitrogen and oxygen atoms in total. The molecule has 0 radical (unpaired) electrons. The Balaban J connectivity index is 2.18. The van der Waals surface area contributed by atoms with Crippen molar-refractivity contribution in [2.75, 3.05) is 6.61 Å². The van der Waals surface area contributed by atoms with Crippen molar-refractivity contribution in [1.82, 2.24) is 0 Å². The highest BCUT2D eigenvalue weighted by Crippen LogP contribution is 2.10. The highest BCUT2D eigenvalue weighted by Gasteiger charge is 2.11. The van der Waals surface area contributed by atoms with Crippen LogP contribution >= 0.6 is 11.3 Å². The lowest BCUT2D eigenvalue weighted by atomic mass is 10.1. The van der Waals surface area contributed by atoms with Gasteiger partial charge < -0.3 is 4.74 Å². The van der Waals surface area contributed by atoms with Gasteiger partial charge >= 0.3 is 5.97 Å². The van der Waals surface area contributed by atoms with Gasteiger partial charge in [0, 0.05) is 11.3 Å². The first-order valence-electron chi connectivity index (χ1n) is 4.93. The molecule has 14 heavy (non-hydrogen) atoms. The van der Waals surface area contributed by atoms with E-state index >= 15 is 0 Å². The first kappa shape index (κ1) is 11.2. The van der Waals surface area contributed by atoms with Crippen LogP contribution in [0.1, 0.15) is 25.1 Å². The van der Waals surface area contributed by atoms with Crippen molar-refractivity contribution >= 4 is 17.3 Å². The molecule has 78 valence electrons. The van der Waals surface area contributed by atoms with Gasteiger partial charge in [-0.15, -0.1) is 11.3 Å². The van der Waals surface area contributed by atoms with E-state index in [1.807, 2.05) is 25.3 Å². The third-order valence-corrected chi connectivity index (χ3v) is 3.12. The van der Waals surface area contributed by atoms with Gasteiger partial charge in [0.25, 0.3) is 0 Å². The summed E-state index contributed by atoms with van der Waals surface area (Å²) < 4.78 is 5.14. The summed E-state index contributed by atoms with van der Waals surface area (Å²) in [5.74, 6) is -0.0533. The van der Waals surface area contributed by atoms with Gasteiger partial charge in [0.2, 0.25) is 0 Å². The fourth-order valence-corrected chi connectivity index (χ4v) is 1.71. The number of hydrogen-bond donors (Lipinski definition) is 0. The van der Waals surface area contributed by atoms with Crippen LogP contribution in [0, 0.1) is 5.92 Å². The molecule has 0 bridgehead atoms. The average molecular weight is 212 g/mol. The molecule has 0 saturated carbocycles. The molecule has 3 heteroatoms. The second kappa shape index (κ2) is 5.81. The van der Waals surface area contributed by atoms with Crippen LogP contribution < -0.4 is 0 Å². The lowest BCUT2D eigenvalue weighted by Gasteiger charge is -2.08. The van der Waals surface area contributed by atoms with Gasteiger partial charge in [-0.05, 0) is 17.9 Å². The minimum Gasteiger partial charge on any atom is -0.465 e. The molecule has 0 aliphatic heterocycles. The normalized spacial score (nSPS) is 12.4. The van der Waals surface area contributed by atoms with Gasteiger partial charge in [0.1, 0.15) is 0 Å². The predicted molar refractivity (Wildman–Crippen MR) is 58.4 cm³/mol. The summed E-state index contributed by atoms with van der Waals surface area (Å²) in [7, 11) is 0. The fourth-order valence-electron chi connectivity index (χ4n) is 1.02. The van der Waals surface area contributed by atoms with Crippen LogP contribution in [0.2, 0.25) is 0 Å². The van der Waals surface area contributed by atoms with Crippen molar-refractivity contribution in [3.05, 3.63) is 22.4 Å². The maximum absolute atomic E-state index is 11.3. The molecule has 0 saturated heterocycles. The summed E-state index contributed by atoms with van der Waals surface area (Å²) >= 11 is 1.70. The lowest BCUT2D eigenvalue weighted by Crippen LogP contribution is -2.15. The molecule has 0 N–H and O–H groups in total. The van der Waals surface area contributed by atoms with E-state index in [-0.39, 0.29) is 11.9 Å². The summed E-state index contributed by atoms with van der Waals surface area (Å²) in [5.41, 5.74) is 0. The summed E-state index contributed by atoms with van der Waals surface area (Å²) in [6.07, 6.45) is 1.68. The van der Waals surface area contributed by atoms with Crippen LogP contribution in [0.3, 0.4) is 0 Å². The SMILES string of the molecule is CC[C@H](C)C(=O)OCCc1cccs1. The average Bonchev–Trinajstić information content (AvgIpc) is 2.69. The van der Waals surface area contributed by atoms with Crippen molar-refractivity contribution in [2.45, 2.75) is 26.7 Å². The van der Waals surface area contributed by atoms with E-state index in [4.69, 9.17) is 4.74 Å². The fraction of sp³-hybridized carbons (Fsp3) is 0.545. The first-order valence-corrected chi connectivity index (χ1v) is 5.81. The minimum absolute atomic E-state index is 0.0262. The molecular formula is C11H16O2S. The highest BCUT2D eigenvalue weighted by atomic mass is 32.1.